The van der Waals surface area contributed by atoms with Crippen LogP contribution in [0.25, 0.3) is 0 Å². The predicted molar refractivity (Wildman–Crippen MR) is 76.8 cm³/mol. The first kappa shape index (κ1) is 16.6. The van der Waals surface area contributed by atoms with Gasteiger partial charge in [0.05, 0.1) is 33.0 Å². The van der Waals surface area contributed by atoms with Crippen molar-refractivity contribution in [2.24, 2.45) is 0 Å². The molecule has 5 nitrogen and oxygen atoms in total. The highest BCUT2D eigenvalue weighted by atomic mass is 28.4. The van der Waals surface area contributed by atoms with E-state index in [1.807, 2.05) is 4.90 Å². The number of rotatable bonds is 10. The third kappa shape index (κ3) is 8.36. The van der Waals surface area contributed by atoms with Crippen molar-refractivity contribution in [2.75, 3.05) is 46.1 Å². The van der Waals surface area contributed by atoms with E-state index in [-0.39, 0.29) is 5.91 Å². The molecule has 0 atom stereocenters. The Morgan fingerprint density at radius 2 is 1.68 bits per heavy atom. The molecule has 0 bridgehead atoms. The van der Waals surface area contributed by atoms with Gasteiger partial charge in [0.1, 0.15) is 0 Å². The van der Waals surface area contributed by atoms with Gasteiger partial charge in [0, 0.05) is 19.5 Å². The molecule has 6 heteroatoms. The second-order valence-corrected chi connectivity index (χ2v) is 10.2. The Morgan fingerprint density at radius 1 is 1.05 bits per heavy atom. The number of nitrogens with zero attached hydrogens (tertiary/aromatic N) is 1. The van der Waals surface area contributed by atoms with Crippen molar-refractivity contribution < 1.29 is 18.7 Å². The van der Waals surface area contributed by atoms with Gasteiger partial charge < -0.3 is 18.8 Å². The average Bonchev–Trinajstić information content (AvgIpc) is 2.71. The molecule has 1 saturated heterocycles. The topological polar surface area (TPSA) is 48.0 Å². The van der Waals surface area contributed by atoms with Crippen molar-refractivity contribution in [3.63, 3.8) is 0 Å². The van der Waals surface area contributed by atoms with Crippen LogP contribution < -0.4 is 0 Å². The van der Waals surface area contributed by atoms with E-state index >= 15 is 0 Å². The van der Waals surface area contributed by atoms with Gasteiger partial charge in [0.2, 0.25) is 5.91 Å². The molecule has 1 heterocycles. The second kappa shape index (κ2) is 8.68. The fraction of sp³-hybridized carbons (Fsp3) is 0.923. The highest BCUT2D eigenvalue weighted by molar-refractivity contribution is 6.69. The summed E-state index contributed by atoms with van der Waals surface area (Å²) in [5.74, 6) is 0.253. The van der Waals surface area contributed by atoms with Gasteiger partial charge in [-0.3, -0.25) is 4.79 Å². The number of amides is 1. The maximum absolute atomic E-state index is 11.3. The summed E-state index contributed by atoms with van der Waals surface area (Å²) >= 11 is 0. The van der Waals surface area contributed by atoms with Gasteiger partial charge in [-0.1, -0.05) is 0 Å². The second-order valence-electron chi connectivity index (χ2n) is 5.67. The van der Waals surface area contributed by atoms with Gasteiger partial charge in [-0.25, -0.2) is 0 Å². The van der Waals surface area contributed by atoms with E-state index in [0.29, 0.717) is 46.0 Å². The Labute approximate surface area is 117 Å². The zero-order chi connectivity index (χ0) is 14.1. The molecule has 1 rings (SSSR count). The fourth-order valence-electron chi connectivity index (χ4n) is 1.84. The Bertz CT molecular complexity index is 268. The van der Waals surface area contributed by atoms with Crippen LogP contribution in [0.15, 0.2) is 0 Å². The SMILES string of the molecule is C[Si](C)(C)OCCOCCOCCN1CCCC1=O. The number of hydrogen-bond donors (Lipinski definition) is 0. The summed E-state index contributed by atoms with van der Waals surface area (Å²) in [5.41, 5.74) is 0. The summed E-state index contributed by atoms with van der Waals surface area (Å²) in [7, 11) is -1.41. The first-order chi connectivity index (χ1) is 8.99. The van der Waals surface area contributed by atoms with E-state index in [4.69, 9.17) is 13.9 Å². The van der Waals surface area contributed by atoms with Gasteiger partial charge in [0.15, 0.2) is 8.32 Å². The number of ether oxygens (including phenoxy) is 2. The van der Waals surface area contributed by atoms with Crippen LogP contribution in [-0.2, 0) is 18.7 Å². The van der Waals surface area contributed by atoms with Gasteiger partial charge in [0.25, 0.3) is 0 Å². The maximum Gasteiger partial charge on any atom is 0.222 e. The standard InChI is InChI=1S/C13H27NO4Si/c1-19(2,3)18-12-11-17-10-9-16-8-7-14-6-4-5-13(14)15/h4-12H2,1-3H3. The zero-order valence-corrected chi connectivity index (χ0v) is 13.4. The molecular weight excluding hydrogens is 262 g/mol. The molecule has 0 aliphatic carbocycles. The number of carbonyl (C=O) groups is 1. The molecule has 0 N–H and O–H groups in total. The van der Waals surface area contributed by atoms with Gasteiger partial charge >= 0.3 is 0 Å². The van der Waals surface area contributed by atoms with Crippen LogP contribution in [0.4, 0.5) is 0 Å². The van der Waals surface area contributed by atoms with Gasteiger partial charge in [-0.2, -0.15) is 0 Å². The Hall–Kier alpha value is -0.433. The van der Waals surface area contributed by atoms with Crippen molar-refractivity contribution in [1.29, 1.82) is 0 Å². The molecule has 1 aliphatic rings. The molecule has 0 aromatic heterocycles. The lowest BCUT2D eigenvalue weighted by Crippen LogP contribution is -2.29. The summed E-state index contributed by atoms with van der Waals surface area (Å²) in [5, 5.41) is 0. The van der Waals surface area contributed by atoms with Crippen molar-refractivity contribution in [1.82, 2.24) is 4.90 Å². The minimum atomic E-state index is -1.41. The van der Waals surface area contributed by atoms with E-state index in [0.717, 1.165) is 13.0 Å². The van der Waals surface area contributed by atoms with Crippen LogP contribution in [0.3, 0.4) is 0 Å². The lowest BCUT2D eigenvalue weighted by atomic mass is 10.4. The van der Waals surface area contributed by atoms with Crippen LogP contribution in [0.2, 0.25) is 19.6 Å². The summed E-state index contributed by atoms with van der Waals surface area (Å²) in [4.78, 5) is 13.2. The van der Waals surface area contributed by atoms with E-state index in [9.17, 15) is 4.79 Å². The lowest BCUT2D eigenvalue weighted by molar-refractivity contribution is -0.128. The van der Waals surface area contributed by atoms with E-state index in [1.54, 1.807) is 0 Å². The third-order valence-electron chi connectivity index (χ3n) is 2.81. The molecule has 0 unspecified atom stereocenters. The molecule has 1 aliphatic heterocycles. The Balaban J connectivity index is 1.82. The first-order valence-corrected chi connectivity index (χ1v) is 10.5. The van der Waals surface area contributed by atoms with Crippen molar-refractivity contribution in [3.8, 4) is 0 Å². The molecule has 112 valence electrons. The fourth-order valence-corrected chi connectivity index (χ4v) is 2.54. The van der Waals surface area contributed by atoms with Crippen molar-refractivity contribution in [2.45, 2.75) is 32.5 Å². The Morgan fingerprint density at radius 3 is 2.26 bits per heavy atom. The number of hydrogen-bond acceptors (Lipinski definition) is 4. The molecular formula is C13H27NO4Si. The zero-order valence-electron chi connectivity index (χ0n) is 12.4. The van der Waals surface area contributed by atoms with Crippen LogP contribution in [0.1, 0.15) is 12.8 Å². The largest absolute Gasteiger partial charge is 0.415 e. The van der Waals surface area contributed by atoms with E-state index < -0.39 is 8.32 Å². The minimum Gasteiger partial charge on any atom is -0.415 e. The predicted octanol–water partition coefficient (Wildman–Crippen LogP) is 1.49. The number of likely N-dealkylation sites (tertiary alicyclic amines) is 1. The van der Waals surface area contributed by atoms with Crippen LogP contribution >= 0.6 is 0 Å². The molecule has 19 heavy (non-hydrogen) atoms. The third-order valence-corrected chi connectivity index (χ3v) is 3.88. The molecule has 1 amide bonds. The van der Waals surface area contributed by atoms with E-state index in [1.165, 1.54) is 0 Å². The lowest BCUT2D eigenvalue weighted by Gasteiger charge is -2.17. The summed E-state index contributed by atoms with van der Waals surface area (Å²) < 4.78 is 16.5. The molecule has 0 spiro atoms. The van der Waals surface area contributed by atoms with Gasteiger partial charge in [-0.15, -0.1) is 0 Å². The van der Waals surface area contributed by atoms with Crippen LogP contribution in [0, 0.1) is 0 Å². The normalized spacial score (nSPS) is 16.4. The highest BCUT2D eigenvalue weighted by Gasteiger charge is 2.19. The van der Waals surface area contributed by atoms with Crippen molar-refractivity contribution >= 4 is 14.2 Å². The smallest absolute Gasteiger partial charge is 0.222 e. The van der Waals surface area contributed by atoms with Crippen LogP contribution in [-0.4, -0.2) is 65.2 Å². The molecule has 0 aromatic rings. The quantitative estimate of drug-likeness (QED) is 0.452. The minimum absolute atomic E-state index is 0.253. The first-order valence-electron chi connectivity index (χ1n) is 7.06. The Kier molecular flexibility index (Phi) is 7.59. The number of carbonyl (C=O) groups excluding carboxylic acids is 1. The molecule has 1 fully saturated rings. The van der Waals surface area contributed by atoms with Gasteiger partial charge in [-0.05, 0) is 26.1 Å². The summed E-state index contributed by atoms with van der Waals surface area (Å²) in [6.07, 6.45) is 1.68. The molecule has 0 aromatic carbocycles. The van der Waals surface area contributed by atoms with E-state index in [2.05, 4.69) is 19.6 Å². The maximum atomic E-state index is 11.3. The average molecular weight is 289 g/mol. The summed E-state index contributed by atoms with van der Waals surface area (Å²) in [6, 6.07) is 0. The highest BCUT2D eigenvalue weighted by Crippen LogP contribution is 2.08. The molecule has 0 saturated carbocycles. The van der Waals surface area contributed by atoms with Crippen molar-refractivity contribution in [3.05, 3.63) is 0 Å². The summed E-state index contributed by atoms with van der Waals surface area (Å²) in [6.45, 7) is 11.1. The van der Waals surface area contributed by atoms with Crippen LogP contribution in [0.5, 0.6) is 0 Å². The monoisotopic (exact) mass is 289 g/mol. The molecule has 0 radical (unpaired) electrons.